The van der Waals surface area contributed by atoms with Crippen LogP contribution in [0.2, 0.25) is 0 Å². The van der Waals surface area contributed by atoms with E-state index < -0.39 is 6.36 Å². The molecule has 1 unspecified atom stereocenters. The molecule has 2 aromatic rings. The van der Waals surface area contributed by atoms with Crippen LogP contribution in [0, 0.1) is 6.92 Å². The lowest BCUT2D eigenvalue weighted by Crippen LogP contribution is -2.54. The number of ether oxygens (including phenoxy) is 4. The van der Waals surface area contributed by atoms with Gasteiger partial charge in [0.2, 0.25) is 0 Å². The predicted octanol–water partition coefficient (Wildman–Crippen LogP) is 4.40. The Balaban J connectivity index is 1.12. The molecular weight excluding hydrogens is 567 g/mol. The van der Waals surface area contributed by atoms with Gasteiger partial charge in [-0.2, -0.15) is 0 Å². The Hall–Kier alpha value is -3.00. The molecule has 4 atom stereocenters. The summed E-state index contributed by atoms with van der Waals surface area (Å²) in [6.45, 7) is 4.93. The van der Waals surface area contributed by atoms with E-state index in [0.717, 1.165) is 50.7 Å². The van der Waals surface area contributed by atoms with Crippen LogP contribution in [-0.4, -0.2) is 91.4 Å². The molecule has 3 aliphatic heterocycles. The number of benzene rings is 1. The van der Waals surface area contributed by atoms with Crippen LogP contribution in [0.1, 0.15) is 66.2 Å². The van der Waals surface area contributed by atoms with Crippen molar-refractivity contribution in [3.05, 3.63) is 47.4 Å². The second-order valence-electron chi connectivity index (χ2n) is 11.3. The van der Waals surface area contributed by atoms with Crippen molar-refractivity contribution in [1.29, 1.82) is 0 Å². The van der Waals surface area contributed by atoms with Crippen LogP contribution in [0.4, 0.5) is 19.0 Å². The van der Waals surface area contributed by atoms with Crippen LogP contribution in [0.5, 0.6) is 5.75 Å². The van der Waals surface area contributed by atoms with Gasteiger partial charge in [0.05, 0.1) is 24.9 Å². The number of anilines is 1. The molecule has 13 heteroatoms. The highest BCUT2D eigenvalue weighted by molar-refractivity contribution is 5.94. The minimum atomic E-state index is -4.73. The van der Waals surface area contributed by atoms with Gasteiger partial charge in [-0.25, -0.2) is 9.97 Å². The van der Waals surface area contributed by atoms with Crippen LogP contribution in [0.3, 0.4) is 0 Å². The fraction of sp³-hybridized carbons (Fsp3) is 0.633. The first-order chi connectivity index (χ1) is 20.7. The van der Waals surface area contributed by atoms with E-state index in [4.69, 9.17) is 14.2 Å². The molecule has 4 heterocycles. The monoisotopic (exact) mass is 607 g/mol. The van der Waals surface area contributed by atoms with Crippen molar-refractivity contribution in [2.24, 2.45) is 0 Å². The number of nitrogens with one attached hydrogen (secondary N) is 2. The van der Waals surface area contributed by atoms with E-state index in [1.807, 2.05) is 11.8 Å². The molecule has 0 aliphatic carbocycles. The highest BCUT2D eigenvalue weighted by Crippen LogP contribution is 2.33. The average molecular weight is 608 g/mol. The number of nitrogens with zero attached hydrogens (tertiary/aromatic N) is 3. The van der Waals surface area contributed by atoms with E-state index in [2.05, 4.69) is 25.3 Å². The van der Waals surface area contributed by atoms with Crippen LogP contribution < -0.4 is 15.4 Å². The van der Waals surface area contributed by atoms with Gasteiger partial charge in [0, 0.05) is 51.0 Å². The fourth-order valence-electron chi connectivity index (χ4n) is 6.07. The highest BCUT2D eigenvalue weighted by Gasteiger charge is 2.33. The smallest absolute Gasteiger partial charge is 0.406 e. The number of alkyl halides is 3. The van der Waals surface area contributed by atoms with Gasteiger partial charge in [-0.15, -0.1) is 13.2 Å². The summed E-state index contributed by atoms with van der Waals surface area (Å²) in [5, 5.41) is 7.04. The van der Waals surface area contributed by atoms with Crippen molar-refractivity contribution in [2.75, 3.05) is 45.3 Å². The summed E-state index contributed by atoms with van der Waals surface area (Å²) in [7, 11) is 1.71. The maximum Gasteiger partial charge on any atom is 0.573 e. The van der Waals surface area contributed by atoms with Crippen molar-refractivity contribution in [1.82, 2.24) is 20.2 Å². The van der Waals surface area contributed by atoms with Crippen LogP contribution >= 0.6 is 0 Å². The normalized spacial score (nSPS) is 25.4. The number of carbonyl (C=O) groups excluding carboxylic acids is 1. The van der Waals surface area contributed by atoms with Crippen molar-refractivity contribution in [3.8, 4) is 5.75 Å². The van der Waals surface area contributed by atoms with Crippen LogP contribution in [0.15, 0.2) is 30.6 Å². The predicted molar refractivity (Wildman–Crippen MR) is 152 cm³/mol. The topological polar surface area (TPSA) is 107 Å². The molecule has 0 spiro atoms. The Morgan fingerprint density at radius 1 is 1.09 bits per heavy atom. The molecule has 2 N–H and O–H groups in total. The largest absolute Gasteiger partial charge is 0.573 e. The molecule has 1 aromatic carbocycles. The summed E-state index contributed by atoms with van der Waals surface area (Å²) >= 11 is 0. The molecule has 0 bridgehead atoms. The second-order valence-corrected chi connectivity index (χ2v) is 11.3. The standard InChI is InChI=1S/C30H40F3N5O5/c1-19-27(29(39)38-13-10-21(11-14-38)37-24-12-15-41-17-26(24)40-2)35-18-36-28(19)34-16-23-4-3-5-25(42-23)20-6-8-22(9-7-20)43-30(31,32)33/h6-9,18,21,23-26,37H,3-5,10-17H2,1-2H3,(H,34,35,36)/t23?,24-,25-,26+/m1/s1. The van der Waals surface area contributed by atoms with Crippen LogP contribution in [-0.2, 0) is 14.2 Å². The number of hydrogen-bond acceptors (Lipinski definition) is 9. The number of hydrogen-bond donors (Lipinski definition) is 2. The molecule has 10 nitrogen and oxygen atoms in total. The zero-order chi connectivity index (χ0) is 30.4. The molecular formula is C30H40F3N5O5. The molecule has 0 saturated carbocycles. The Kier molecular flexibility index (Phi) is 10.4. The first-order valence-corrected chi connectivity index (χ1v) is 14.9. The van der Waals surface area contributed by atoms with E-state index in [1.54, 1.807) is 19.2 Å². The first-order valence-electron chi connectivity index (χ1n) is 14.9. The van der Waals surface area contributed by atoms with Crippen molar-refractivity contribution in [2.45, 2.75) is 82.2 Å². The summed E-state index contributed by atoms with van der Waals surface area (Å²) in [6.07, 6.45) is 1.50. The molecule has 3 aliphatic rings. The van der Waals surface area contributed by atoms with Crippen molar-refractivity contribution >= 4 is 11.7 Å². The van der Waals surface area contributed by atoms with Gasteiger partial charge in [-0.05, 0) is 63.1 Å². The Morgan fingerprint density at radius 3 is 2.58 bits per heavy atom. The van der Waals surface area contributed by atoms with Gasteiger partial charge in [0.1, 0.15) is 23.6 Å². The van der Waals surface area contributed by atoms with Gasteiger partial charge in [0.15, 0.2) is 0 Å². The van der Waals surface area contributed by atoms with E-state index in [-0.39, 0.29) is 36.0 Å². The van der Waals surface area contributed by atoms with E-state index in [0.29, 0.717) is 49.4 Å². The summed E-state index contributed by atoms with van der Waals surface area (Å²) < 4.78 is 58.8. The van der Waals surface area contributed by atoms with E-state index in [1.165, 1.54) is 18.5 Å². The van der Waals surface area contributed by atoms with Gasteiger partial charge < -0.3 is 34.5 Å². The van der Waals surface area contributed by atoms with Crippen molar-refractivity contribution < 1.29 is 36.9 Å². The quantitative estimate of drug-likeness (QED) is 0.429. The average Bonchev–Trinajstić information content (AvgIpc) is 3.01. The maximum atomic E-state index is 13.4. The van der Waals surface area contributed by atoms with E-state index >= 15 is 0 Å². The van der Waals surface area contributed by atoms with E-state index in [9.17, 15) is 18.0 Å². The SMILES string of the molecule is CO[C@H]1COCC[C@H]1NC1CCN(C(=O)c2ncnc(NCC3CCC[C@H](c4ccc(OC(F)(F)F)cc4)O3)c2C)CC1. The zero-order valence-electron chi connectivity index (χ0n) is 24.6. The third-order valence-corrected chi connectivity index (χ3v) is 8.46. The number of piperidine rings is 1. The third-order valence-electron chi connectivity index (χ3n) is 8.46. The van der Waals surface area contributed by atoms with Gasteiger partial charge >= 0.3 is 6.36 Å². The van der Waals surface area contributed by atoms with Crippen molar-refractivity contribution in [3.63, 3.8) is 0 Å². The summed E-state index contributed by atoms with van der Waals surface area (Å²) in [4.78, 5) is 24.0. The minimum Gasteiger partial charge on any atom is -0.406 e. The molecule has 5 rings (SSSR count). The van der Waals surface area contributed by atoms with Gasteiger partial charge in [-0.3, -0.25) is 4.79 Å². The molecule has 1 amide bonds. The Labute approximate surface area is 249 Å². The highest BCUT2D eigenvalue weighted by atomic mass is 19.4. The maximum absolute atomic E-state index is 13.4. The number of amides is 1. The Bertz CT molecular complexity index is 1210. The lowest BCUT2D eigenvalue weighted by atomic mass is 9.98. The number of likely N-dealkylation sites (tertiary alicyclic amines) is 1. The lowest BCUT2D eigenvalue weighted by Gasteiger charge is -2.38. The molecule has 43 heavy (non-hydrogen) atoms. The molecule has 3 saturated heterocycles. The van der Waals surface area contributed by atoms with Gasteiger partial charge in [0.25, 0.3) is 5.91 Å². The molecule has 0 radical (unpaired) electrons. The minimum absolute atomic E-state index is 0.0428. The first kappa shape index (κ1) is 31.4. The number of rotatable bonds is 9. The van der Waals surface area contributed by atoms with Gasteiger partial charge in [-0.1, -0.05) is 12.1 Å². The number of methoxy groups -OCH3 is 1. The third kappa shape index (κ3) is 8.34. The molecule has 1 aromatic heterocycles. The molecule has 3 fully saturated rings. The number of aromatic nitrogens is 2. The summed E-state index contributed by atoms with van der Waals surface area (Å²) in [6, 6.07) is 6.39. The number of carbonyl (C=O) groups is 1. The summed E-state index contributed by atoms with van der Waals surface area (Å²) in [5.41, 5.74) is 1.87. The molecule has 236 valence electrons. The Morgan fingerprint density at radius 2 is 1.86 bits per heavy atom. The lowest BCUT2D eigenvalue weighted by molar-refractivity contribution is -0.274. The van der Waals surface area contributed by atoms with Crippen LogP contribution in [0.25, 0.3) is 0 Å². The second kappa shape index (κ2) is 14.2. The number of halogens is 3. The summed E-state index contributed by atoms with van der Waals surface area (Å²) in [5.74, 6) is 0.222. The fourth-order valence-corrected chi connectivity index (χ4v) is 6.07. The zero-order valence-corrected chi connectivity index (χ0v) is 24.6.